The van der Waals surface area contributed by atoms with Crippen LogP contribution < -0.4 is 0 Å². The first kappa shape index (κ1) is 15.2. The number of aldehydes is 1. The van der Waals surface area contributed by atoms with Crippen molar-refractivity contribution in [1.29, 1.82) is 0 Å². The fraction of sp³-hybridized carbons (Fsp3) is 0.200. The maximum absolute atomic E-state index is 11.0. The van der Waals surface area contributed by atoms with Crippen molar-refractivity contribution in [2.24, 2.45) is 5.92 Å². The second-order valence-corrected chi connectivity index (χ2v) is 5.91. The molecule has 1 N–H and O–H groups in total. The van der Waals surface area contributed by atoms with Gasteiger partial charge in [-0.2, -0.15) is 0 Å². The number of aromatic hydroxyl groups is 1. The Morgan fingerprint density at radius 1 is 1.09 bits per heavy atom. The lowest BCUT2D eigenvalue weighted by Gasteiger charge is -2.24. The number of phenolic OH excluding ortho intramolecular Hbond substituents is 1. The summed E-state index contributed by atoms with van der Waals surface area (Å²) in [4.78, 5) is 15.5. The van der Waals surface area contributed by atoms with Gasteiger partial charge in [0.05, 0.1) is 5.52 Å². The van der Waals surface area contributed by atoms with Crippen molar-refractivity contribution in [1.82, 2.24) is 4.98 Å². The highest BCUT2D eigenvalue weighted by molar-refractivity contribution is 5.79. The third-order valence-electron chi connectivity index (χ3n) is 4.26. The molecule has 0 amide bonds. The molecule has 116 valence electrons. The minimum atomic E-state index is 0.0675. The lowest BCUT2D eigenvalue weighted by molar-refractivity contribution is -0.108. The fourth-order valence-corrected chi connectivity index (χ4v) is 3.08. The van der Waals surface area contributed by atoms with Gasteiger partial charge in [0.1, 0.15) is 12.0 Å². The predicted molar refractivity (Wildman–Crippen MR) is 91.5 cm³/mol. The summed E-state index contributed by atoms with van der Waals surface area (Å²) in [5.41, 5.74) is 3.13. The number of aromatic nitrogens is 1. The minimum Gasteiger partial charge on any atom is -0.508 e. The van der Waals surface area contributed by atoms with Gasteiger partial charge in [-0.25, -0.2) is 0 Å². The van der Waals surface area contributed by atoms with Crippen molar-refractivity contribution in [3.8, 4) is 5.75 Å². The summed E-state index contributed by atoms with van der Waals surface area (Å²) < 4.78 is 0. The molecule has 0 radical (unpaired) electrons. The van der Waals surface area contributed by atoms with Crippen LogP contribution >= 0.6 is 0 Å². The Kier molecular flexibility index (Phi) is 4.38. The van der Waals surface area contributed by atoms with Gasteiger partial charge in [-0.05, 0) is 41.3 Å². The summed E-state index contributed by atoms with van der Waals surface area (Å²) in [6, 6.07) is 17.3. The molecule has 2 aromatic carbocycles. The van der Waals surface area contributed by atoms with Gasteiger partial charge >= 0.3 is 0 Å². The largest absolute Gasteiger partial charge is 0.508 e. The average Bonchev–Trinajstić information content (AvgIpc) is 2.57. The van der Waals surface area contributed by atoms with Crippen molar-refractivity contribution < 1.29 is 9.90 Å². The Bertz CT molecular complexity index is 811. The van der Waals surface area contributed by atoms with Crippen molar-refractivity contribution in [2.75, 3.05) is 0 Å². The number of para-hydroxylation sites is 1. The molecule has 1 aromatic heterocycles. The van der Waals surface area contributed by atoms with Crippen LogP contribution in [0.3, 0.4) is 0 Å². The summed E-state index contributed by atoms with van der Waals surface area (Å²) in [6.07, 6.45) is 3.34. The van der Waals surface area contributed by atoms with Gasteiger partial charge in [-0.3, -0.25) is 4.98 Å². The summed E-state index contributed by atoms with van der Waals surface area (Å²) in [5, 5.41) is 10.6. The number of hydrogen-bond acceptors (Lipinski definition) is 3. The first-order valence-corrected chi connectivity index (χ1v) is 7.76. The van der Waals surface area contributed by atoms with Gasteiger partial charge in [0, 0.05) is 23.9 Å². The molecule has 0 bridgehead atoms. The Hall–Kier alpha value is -2.68. The molecule has 0 spiro atoms. The van der Waals surface area contributed by atoms with E-state index in [2.05, 4.69) is 18.0 Å². The number of fused-ring (bicyclic) bond motifs is 1. The summed E-state index contributed by atoms with van der Waals surface area (Å²) in [5.74, 6) is 0.463. The number of phenols is 1. The maximum Gasteiger partial charge on any atom is 0.120 e. The average molecular weight is 305 g/mol. The second-order valence-electron chi connectivity index (χ2n) is 5.91. The van der Waals surface area contributed by atoms with Crippen molar-refractivity contribution >= 4 is 17.2 Å². The Balaban J connectivity index is 2.08. The summed E-state index contributed by atoms with van der Waals surface area (Å²) in [6.45, 7) is 2.07. The molecule has 2 unspecified atom stereocenters. The second kappa shape index (κ2) is 6.61. The van der Waals surface area contributed by atoms with Crippen molar-refractivity contribution in [3.63, 3.8) is 0 Å². The number of carbonyl (C=O) groups is 1. The summed E-state index contributed by atoms with van der Waals surface area (Å²) >= 11 is 0. The zero-order chi connectivity index (χ0) is 16.2. The molecule has 2 atom stereocenters. The molecule has 1 heterocycles. The fourth-order valence-electron chi connectivity index (χ4n) is 3.08. The Morgan fingerprint density at radius 3 is 2.57 bits per heavy atom. The zero-order valence-corrected chi connectivity index (χ0v) is 13.0. The number of rotatable bonds is 5. The molecule has 23 heavy (non-hydrogen) atoms. The first-order chi connectivity index (χ1) is 11.2. The van der Waals surface area contributed by atoms with Crippen LogP contribution in [0.15, 0.2) is 60.8 Å². The smallest absolute Gasteiger partial charge is 0.120 e. The molecule has 3 rings (SSSR count). The molecule has 3 heteroatoms. The van der Waals surface area contributed by atoms with Crippen LogP contribution in [0.2, 0.25) is 0 Å². The van der Waals surface area contributed by atoms with Crippen LogP contribution in [-0.2, 0) is 4.79 Å². The molecule has 3 aromatic rings. The minimum absolute atomic E-state index is 0.0675. The van der Waals surface area contributed by atoms with Crippen LogP contribution in [-0.4, -0.2) is 16.4 Å². The SMILES string of the molecule is CC(CC=O)C(c1ccc(O)cc1)c1cnc2ccccc2c1. The molecule has 0 fully saturated rings. The normalized spacial score (nSPS) is 13.6. The number of hydrogen-bond donors (Lipinski definition) is 1. The number of nitrogens with zero attached hydrogens (tertiary/aromatic N) is 1. The predicted octanol–water partition coefficient (Wildman–Crippen LogP) is 4.30. The summed E-state index contributed by atoms with van der Waals surface area (Å²) in [7, 11) is 0. The van der Waals surface area contributed by atoms with Crippen LogP contribution in [0.5, 0.6) is 5.75 Å². The van der Waals surface area contributed by atoms with Crippen molar-refractivity contribution in [2.45, 2.75) is 19.3 Å². The van der Waals surface area contributed by atoms with Gasteiger partial charge in [-0.15, -0.1) is 0 Å². The maximum atomic E-state index is 11.0. The molecule has 0 aliphatic rings. The van der Waals surface area contributed by atoms with E-state index in [1.807, 2.05) is 42.6 Å². The van der Waals surface area contributed by atoms with Crippen molar-refractivity contribution in [3.05, 3.63) is 71.9 Å². The van der Waals surface area contributed by atoms with Crippen LogP contribution in [0.25, 0.3) is 10.9 Å². The van der Waals surface area contributed by atoms with E-state index < -0.39 is 0 Å². The first-order valence-electron chi connectivity index (χ1n) is 7.76. The van der Waals surface area contributed by atoms with Gasteiger partial charge in [0.15, 0.2) is 0 Å². The molecular weight excluding hydrogens is 286 g/mol. The van der Waals surface area contributed by atoms with E-state index in [1.54, 1.807) is 12.1 Å². The van der Waals surface area contributed by atoms with Crippen LogP contribution in [0, 0.1) is 5.92 Å². The quantitative estimate of drug-likeness (QED) is 0.715. The van der Waals surface area contributed by atoms with E-state index in [-0.39, 0.29) is 17.6 Å². The molecular formula is C20H19NO2. The highest BCUT2D eigenvalue weighted by Gasteiger charge is 2.22. The monoisotopic (exact) mass is 305 g/mol. The number of pyridine rings is 1. The topological polar surface area (TPSA) is 50.2 Å². The van der Waals surface area contributed by atoms with E-state index in [1.165, 1.54) is 0 Å². The van der Waals surface area contributed by atoms with Gasteiger partial charge < -0.3 is 9.90 Å². The van der Waals surface area contributed by atoms with Crippen LogP contribution in [0.1, 0.15) is 30.4 Å². The third kappa shape index (κ3) is 3.24. The number of carbonyl (C=O) groups excluding carboxylic acids is 1. The van der Waals surface area contributed by atoms with E-state index in [4.69, 9.17) is 0 Å². The lowest BCUT2D eigenvalue weighted by atomic mass is 9.80. The Morgan fingerprint density at radius 2 is 1.83 bits per heavy atom. The van der Waals surface area contributed by atoms with Gasteiger partial charge in [-0.1, -0.05) is 37.3 Å². The van der Waals surface area contributed by atoms with E-state index in [0.29, 0.717) is 6.42 Å². The van der Waals surface area contributed by atoms with E-state index >= 15 is 0 Å². The van der Waals surface area contributed by atoms with E-state index in [0.717, 1.165) is 28.3 Å². The molecule has 0 aliphatic heterocycles. The molecule has 0 saturated carbocycles. The van der Waals surface area contributed by atoms with Gasteiger partial charge in [0.2, 0.25) is 0 Å². The highest BCUT2D eigenvalue weighted by Crippen LogP contribution is 2.35. The number of benzene rings is 2. The molecule has 0 saturated heterocycles. The molecule has 0 aliphatic carbocycles. The van der Waals surface area contributed by atoms with Gasteiger partial charge in [0.25, 0.3) is 0 Å². The van der Waals surface area contributed by atoms with Crippen LogP contribution in [0.4, 0.5) is 0 Å². The highest BCUT2D eigenvalue weighted by atomic mass is 16.3. The Labute approximate surface area is 135 Å². The van der Waals surface area contributed by atoms with E-state index in [9.17, 15) is 9.90 Å². The molecule has 3 nitrogen and oxygen atoms in total. The third-order valence-corrected chi connectivity index (χ3v) is 4.26. The lowest BCUT2D eigenvalue weighted by Crippen LogP contribution is -2.12. The zero-order valence-electron chi connectivity index (χ0n) is 13.0. The standard InChI is InChI=1S/C20H19NO2/c1-14(10-11-22)20(15-6-8-18(23)9-7-15)17-12-16-4-2-3-5-19(16)21-13-17/h2-9,11-14,20,23H,10H2,1H3.